The molecule has 6 heteroatoms. The maximum Gasteiger partial charge on any atom is 0.422 e. The van der Waals surface area contributed by atoms with E-state index in [1.165, 1.54) is 6.07 Å². The molecule has 20 heavy (non-hydrogen) atoms. The van der Waals surface area contributed by atoms with Crippen LogP contribution in [-0.2, 0) is 0 Å². The molecule has 112 valence electrons. The van der Waals surface area contributed by atoms with Gasteiger partial charge >= 0.3 is 6.18 Å². The number of nitrogens with two attached hydrogens (primary N) is 1. The zero-order valence-electron chi connectivity index (χ0n) is 11.1. The highest BCUT2D eigenvalue weighted by atomic mass is 19.4. The average molecular weight is 288 g/mol. The zero-order valence-corrected chi connectivity index (χ0v) is 11.1. The van der Waals surface area contributed by atoms with Crippen molar-refractivity contribution in [3.8, 4) is 5.75 Å². The van der Waals surface area contributed by atoms with Crippen LogP contribution >= 0.6 is 0 Å². The van der Waals surface area contributed by atoms with Crippen LogP contribution in [0.15, 0.2) is 24.3 Å². The highest BCUT2D eigenvalue weighted by molar-refractivity contribution is 5.56. The van der Waals surface area contributed by atoms with E-state index in [9.17, 15) is 13.2 Å². The zero-order chi connectivity index (χ0) is 14.6. The minimum Gasteiger partial charge on any atom is -0.482 e. The summed E-state index contributed by atoms with van der Waals surface area (Å²) in [5, 5.41) is 3.24. The highest BCUT2D eigenvalue weighted by Crippen LogP contribution is 2.29. The molecule has 2 rings (SSSR count). The lowest BCUT2D eigenvalue weighted by Crippen LogP contribution is -2.35. The Kier molecular flexibility index (Phi) is 4.75. The first-order chi connectivity index (χ1) is 9.44. The van der Waals surface area contributed by atoms with Crippen molar-refractivity contribution >= 4 is 5.69 Å². The number of ether oxygens (including phenoxy) is 1. The molecule has 0 radical (unpaired) electrons. The van der Waals surface area contributed by atoms with E-state index in [1.54, 1.807) is 18.2 Å². The third-order valence-electron chi connectivity index (χ3n) is 3.35. The van der Waals surface area contributed by atoms with Gasteiger partial charge in [0, 0.05) is 12.1 Å². The van der Waals surface area contributed by atoms with Crippen LogP contribution in [0, 0.1) is 0 Å². The van der Waals surface area contributed by atoms with Crippen LogP contribution in [0.2, 0.25) is 0 Å². The highest BCUT2D eigenvalue weighted by Gasteiger charge is 2.29. The third-order valence-corrected chi connectivity index (χ3v) is 3.35. The molecule has 1 aromatic rings. The summed E-state index contributed by atoms with van der Waals surface area (Å²) in [5.74, 6) is 0.226. The minimum atomic E-state index is -4.33. The van der Waals surface area contributed by atoms with E-state index in [1.807, 2.05) is 0 Å². The molecule has 1 aliphatic rings. The fourth-order valence-corrected chi connectivity index (χ4v) is 2.45. The summed E-state index contributed by atoms with van der Waals surface area (Å²) in [5.41, 5.74) is 6.51. The second kappa shape index (κ2) is 6.35. The van der Waals surface area contributed by atoms with Crippen molar-refractivity contribution in [3.05, 3.63) is 24.3 Å². The number of halogens is 3. The normalized spacial score (nSPS) is 23.4. The topological polar surface area (TPSA) is 47.3 Å². The Hall–Kier alpha value is -1.43. The van der Waals surface area contributed by atoms with Gasteiger partial charge in [-0.15, -0.1) is 0 Å². The first-order valence-electron chi connectivity index (χ1n) is 6.75. The Bertz CT molecular complexity index is 437. The maximum absolute atomic E-state index is 12.2. The van der Waals surface area contributed by atoms with Gasteiger partial charge in [-0.2, -0.15) is 13.2 Å². The van der Waals surface area contributed by atoms with E-state index >= 15 is 0 Å². The number of hydrogen-bond donors (Lipinski definition) is 2. The molecule has 1 saturated carbocycles. The van der Waals surface area contributed by atoms with Crippen LogP contribution in [0.3, 0.4) is 0 Å². The Morgan fingerprint density at radius 2 is 2.00 bits per heavy atom. The summed E-state index contributed by atoms with van der Waals surface area (Å²) in [6, 6.07) is 7.04. The van der Waals surface area contributed by atoms with E-state index in [2.05, 4.69) is 5.32 Å². The summed E-state index contributed by atoms with van der Waals surface area (Å²) in [6.07, 6.45) is -0.496. The van der Waals surface area contributed by atoms with Gasteiger partial charge < -0.3 is 15.8 Å². The molecule has 0 spiro atoms. The molecular weight excluding hydrogens is 269 g/mol. The van der Waals surface area contributed by atoms with Crippen molar-refractivity contribution in [2.45, 2.75) is 43.9 Å². The second-order valence-electron chi connectivity index (χ2n) is 5.17. The lowest BCUT2D eigenvalue weighted by atomic mass is 9.91. The standard InChI is InChI=1S/C14H19F3N2O/c15-14(16,17)9-20-13-7-2-1-6-12(13)19-11-5-3-4-10(18)8-11/h1-2,6-7,10-11,19H,3-5,8-9,18H2. The molecule has 0 aromatic heterocycles. The second-order valence-corrected chi connectivity index (χ2v) is 5.17. The predicted molar refractivity (Wildman–Crippen MR) is 71.8 cm³/mol. The van der Waals surface area contributed by atoms with Gasteiger partial charge in [0.2, 0.25) is 0 Å². The largest absolute Gasteiger partial charge is 0.482 e. The van der Waals surface area contributed by atoms with E-state index in [4.69, 9.17) is 10.5 Å². The summed E-state index contributed by atoms with van der Waals surface area (Å²) in [4.78, 5) is 0. The smallest absolute Gasteiger partial charge is 0.422 e. The van der Waals surface area contributed by atoms with Gasteiger partial charge in [-0.3, -0.25) is 0 Å². The third kappa shape index (κ3) is 4.59. The van der Waals surface area contributed by atoms with Crippen molar-refractivity contribution in [1.82, 2.24) is 0 Å². The molecule has 3 nitrogen and oxygen atoms in total. The van der Waals surface area contributed by atoms with E-state index in [0.29, 0.717) is 5.69 Å². The summed E-state index contributed by atoms with van der Waals surface area (Å²) in [6.45, 7) is -1.28. The van der Waals surface area contributed by atoms with Gasteiger partial charge in [0.05, 0.1) is 5.69 Å². The molecule has 3 N–H and O–H groups in total. The van der Waals surface area contributed by atoms with Gasteiger partial charge in [0.15, 0.2) is 6.61 Å². The van der Waals surface area contributed by atoms with Crippen molar-refractivity contribution < 1.29 is 17.9 Å². The molecule has 0 aliphatic heterocycles. The lowest BCUT2D eigenvalue weighted by Gasteiger charge is -2.28. The monoisotopic (exact) mass is 288 g/mol. The molecular formula is C14H19F3N2O. The van der Waals surface area contributed by atoms with Gasteiger partial charge in [0.1, 0.15) is 5.75 Å². The summed E-state index contributed by atoms with van der Waals surface area (Å²) in [7, 11) is 0. The fourth-order valence-electron chi connectivity index (χ4n) is 2.45. The van der Waals surface area contributed by atoms with Crippen LogP contribution in [0.25, 0.3) is 0 Å². The number of hydrogen-bond acceptors (Lipinski definition) is 3. The lowest BCUT2D eigenvalue weighted by molar-refractivity contribution is -0.153. The first kappa shape index (κ1) is 15.0. The molecule has 2 atom stereocenters. The Labute approximate surface area is 116 Å². The van der Waals surface area contributed by atoms with E-state index < -0.39 is 12.8 Å². The van der Waals surface area contributed by atoms with Crippen LogP contribution < -0.4 is 15.8 Å². The van der Waals surface area contributed by atoms with Crippen LogP contribution in [-0.4, -0.2) is 24.9 Å². The van der Waals surface area contributed by atoms with E-state index in [0.717, 1.165) is 25.7 Å². The number of anilines is 1. The van der Waals surface area contributed by atoms with Crippen molar-refractivity contribution in [2.24, 2.45) is 5.73 Å². The number of benzene rings is 1. The molecule has 0 bridgehead atoms. The average Bonchev–Trinajstić information content (AvgIpc) is 2.37. The van der Waals surface area contributed by atoms with Crippen molar-refractivity contribution in [2.75, 3.05) is 11.9 Å². The Morgan fingerprint density at radius 1 is 1.25 bits per heavy atom. The van der Waals surface area contributed by atoms with Gasteiger partial charge in [0.25, 0.3) is 0 Å². The summed E-state index contributed by atoms with van der Waals surface area (Å²) < 4.78 is 41.5. The molecule has 1 aliphatic carbocycles. The summed E-state index contributed by atoms with van der Waals surface area (Å²) >= 11 is 0. The molecule has 0 heterocycles. The maximum atomic E-state index is 12.2. The molecule has 0 saturated heterocycles. The van der Waals surface area contributed by atoms with Gasteiger partial charge in [-0.1, -0.05) is 12.1 Å². The van der Waals surface area contributed by atoms with E-state index in [-0.39, 0.29) is 17.8 Å². The van der Waals surface area contributed by atoms with Crippen molar-refractivity contribution in [3.63, 3.8) is 0 Å². The number of para-hydroxylation sites is 2. The SMILES string of the molecule is NC1CCCC(Nc2ccccc2OCC(F)(F)F)C1. The number of rotatable bonds is 4. The predicted octanol–water partition coefficient (Wildman–Crippen LogP) is 3.31. The van der Waals surface area contributed by atoms with Crippen LogP contribution in [0.4, 0.5) is 18.9 Å². The molecule has 2 unspecified atom stereocenters. The van der Waals surface area contributed by atoms with Crippen molar-refractivity contribution in [1.29, 1.82) is 0 Å². The fraction of sp³-hybridized carbons (Fsp3) is 0.571. The quantitative estimate of drug-likeness (QED) is 0.893. The molecule has 0 amide bonds. The molecule has 1 aromatic carbocycles. The number of nitrogens with one attached hydrogen (secondary N) is 1. The minimum absolute atomic E-state index is 0.157. The first-order valence-corrected chi connectivity index (χ1v) is 6.75. The van der Waals surface area contributed by atoms with Gasteiger partial charge in [-0.05, 0) is 37.8 Å². The van der Waals surface area contributed by atoms with Crippen LogP contribution in [0.5, 0.6) is 5.75 Å². The van der Waals surface area contributed by atoms with Crippen LogP contribution in [0.1, 0.15) is 25.7 Å². The molecule has 1 fully saturated rings. The Balaban J connectivity index is 2.00. The van der Waals surface area contributed by atoms with Gasteiger partial charge in [-0.25, -0.2) is 0 Å². The number of alkyl halides is 3. The Morgan fingerprint density at radius 3 is 2.70 bits per heavy atom.